The van der Waals surface area contributed by atoms with E-state index in [2.05, 4.69) is 27.2 Å². The molecule has 0 atom stereocenters. The molecule has 1 aliphatic heterocycles. The van der Waals surface area contributed by atoms with Gasteiger partial charge in [-0.15, -0.1) is 0 Å². The fourth-order valence-corrected chi connectivity index (χ4v) is 4.51. The van der Waals surface area contributed by atoms with Crippen LogP contribution in [0.1, 0.15) is 5.56 Å². The molecule has 0 radical (unpaired) electrons. The topological polar surface area (TPSA) is 99.5 Å². The van der Waals surface area contributed by atoms with Crippen LogP contribution in [0.4, 0.5) is 0 Å². The quantitative estimate of drug-likeness (QED) is 0.697. The summed E-state index contributed by atoms with van der Waals surface area (Å²) in [6.07, 6.45) is 0. The van der Waals surface area contributed by atoms with Crippen LogP contribution < -0.4 is 5.56 Å². The van der Waals surface area contributed by atoms with Gasteiger partial charge in [0.15, 0.2) is 5.76 Å². The number of rotatable bonds is 5. The highest BCUT2D eigenvalue weighted by Gasteiger charge is 2.31. The maximum absolute atomic E-state index is 12.9. The highest BCUT2D eigenvalue weighted by atomic mass is 32.2. The zero-order valence-corrected chi connectivity index (χ0v) is 15.9. The number of aromatic nitrogens is 2. The minimum absolute atomic E-state index is 0.119. The van der Waals surface area contributed by atoms with Crippen molar-refractivity contribution >= 4 is 10.0 Å². The van der Waals surface area contributed by atoms with Gasteiger partial charge >= 0.3 is 0 Å². The second-order valence-corrected chi connectivity index (χ2v) is 8.46. The van der Waals surface area contributed by atoms with Crippen LogP contribution in [0.5, 0.6) is 0 Å². The molecule has 28 heavy (non-hydrogen) atoms. The average Bonchev–Trinajstić information content (AvgIpc) is 3.21. The van der Waals surface area contributed by atoms with Gasteiger partial charge in [-0.2, -0.15) is 9.40 Å². The molecule has 9 heteroatoms. The first-order valence-corrected chi connectivity index (χ1v) is 10.4. The van der Waals surface area contributed by atoms with E-state index < -0.39 is 10.0 Å². The fourth-order valence-electron chi connectivity index (χ4n) is 3.18. The minimum atomic E-state index is -3.71. The van der Waals surface area contributed by atoms with Crippen molar-refractivity contribution in [2.24, 2.45) is 0 Å². The molecule has 3 aromatic rings. The zero-order chi connectivity index (χ0) is 19.6. The van der Waals surface area contributed by atoms with E-state index in [9.17, 15) is 13.2 Å². The number of H-pyrrole nitrogens is 1. The smallest absolute Gasteiger partial charge is 0.276 e. The van der Waals surface area contributed by atoms with Gasteiger partial charge in [-0.05, 0) is 23.8 Å². The lowest BCUT2D eigenvalue weighted by atomic mass is 10.2. The Hall–Kier alpha value is -2.75. The molecule has 1 aliphatic rings. The molecule has 3 heterocycles. The molecular formula is C19H20N4O4S. The molecule has 1 N–H and O–H groups in total. The highest BCUT2D eigenvalue weighted by Crippen LogP contribution is 2.25. The SMILES string of the molecule is O=c1ccc(-c2ccc(S(=O)(=O)N3CCN(Cc4ccccc4)CC3)o2)n[nH]1. The Labute approximate surface area is 162 Å². The maximum Gasteiger partial charge on any atom is 0.276 e. The zero-order valence-electron chi connectivity index (χ0n) is 15.1. The number of nitrogens with zero attached hydrogens (tertiary/aromatic N) is 3. The third kappa shape index (κ3) is 3.91. The standard InChI is InChI=1S/C19H20N4O4S/c24-18-8-6-16(20-21-18)17-7-9-19(27-17)28(25,26)23-12-10-22(11-13-23)14-15-4-2-1-3-5-15/h1-9H,10-14H2,(H,21,24). The first kappa shape index (κ1) is 18.6. The number of piperazine rings is 1. The van der Waals surface area contributed by atoms with Crippen molar-refractivity contribution in [2.75, 3.05) is 26.2 Å². The summed E-state index contributed by atoms with van der Waals surface area (Å²) >= 11 is 0. The van der Waals surface area contributed by atoms with Crippen molar-refractivity contribution < 1.29 is 12.8 Å². The Morgan fingerprint density at radius 1 is 0.964 bits per heavy atom. The van der Waals surface area contributed by atoms with Gasteiger partial charge in [0.2, 0.25) is 5.09 Å². The Bertz CT molecular complexity index is 1080. The number of nitrogens with one attached hydrogen (secondary N) is 1. The van der Waals surface area contributed by atoms with Crippen LogP contribution in [0.15, 0.2) is 68.9 Å². The normalized spacial score (nSPS) is 16.3. The van der Waals surface area contributed by atoms with Crippen molar-refractivity contribution in [3.05, 3.63) is 70.5 Å². The van der Waals surface area contributed by atoms with E-state index in [1.165, 1.54) is 28.1 Å². The van der Waals surface area contributed by atoms with Crippen LogP contribution in [0.3, 0.4) is 0 Å². The van der Waals surface area contributed by atoms with Crippen molar-refractivity contribution in [3.8, 4) is 11.5 Å². The van der Waals surface area contributed by atoms with E-state index >= 15 is 0 Å². The minimum Gasteiger partial charge on any atom is -0.442 e. The summed E-state index contributed by atoms with van der Waals surface area (Å²) in [5.41, 5.74) is 1.24. The van der Waals surface area contributed by atoms with E-state index in [1.807, 2.05) is 18.2 Å². The van der Waals surface area contributed by atoms with Gasteiger partial charge in [-0.1, -0.05) is 30.3 Å². The summed E-state index contributed by atoms with van der Waals surface area (Å²) in [5, 5.41) is 6.04. The third-order valence-electron chi connectivity index (χ3n) is 4.69. The molecule has 1 saturated heterocycles. The Kier molecular flexibility index (Phi) is 5.12. The van der Waals surface area contributed by atoms with Crippen molar-refractivity contribution in [2.45, 2.75) is 11.6 Å². The van der Waals surface area contributed by atoms with E-state index in [1.54, 1.807) is 6.07 Å². The summed E-state index contributed by atoms with van der Waals surface area (Å²) < 4.78 is 32.7. The fraction of sp³-hybridized carbons (Fsp3) is 0.263. The van der Waals surface area contributed by atoms with Crippen LogP contribution >= 0.6 is 0 Å². The Morgan fingerprint density at radius 2 is 1.71 bits per heavy atom. The van der Waals surface area contributed by atoms with Gasteiger partial charge in [0, 0.05) is 38.8 Å². The van der Waals surface area contributed by atoms with Gasteiger partial charge in [0.1, 0.15) is 5.69 Å². The van der Waals surface area contributed by atoms with Crippen LogP contribution in [0.25, 0.3) is 11.5 Å². The van der Waals surface area contributed by atoms with E-state index in [0.717, 1.165) is 6.54 Å². The number of benzene rings is 1. The predicted octanol–water partition coefficient (Wildman–Crippen LogP) is 1.54. The molecule has 4 rings (SSSR count). The Morgan fingerprint density at radius 3 is 2.39 bits per heavy atom. The molecule has 0 bridgehead atoms. The molecule has 1 aromatic carbocycles. The molecule has 8 nitrogen and oxygen atoms in total. The van der Waals surface area contributed by atoms with E-state index in [4.69, 9.17) is 4.42 Å². The molecule has 0 spiro atoms. The van der Waals surface area contributed by atoms with Crippen molar-refractivity contribution in [1.82, 2.24) is 19.4 Å². The average molecular weight is 400 g/mol. The van der Waals surface area contributed by atoms with E-state index in [-0.39, 0.29) is 16.4 Å². The lowest BCUT2D eigenvalue weighted by Gasteiger charge is -2.33. The van der Waals surface area contributed by atoms with Crippen molar-refractivity contribution in [1.29, 1.82) is 0 Å². The number of hydrogen-bond donors (Lipinski definition) is 1. The lowest BCUT2D eigenvalue weighted by Crippen LogP contribution is -2.48. The molecule has 1 fully saturated rings. The van der Waals surface area contributed by atoms with Crippen LogP contribution in [-0.2, 0) is 16.6 Å². The molecule has 146 valence electrons. The van der Waals surface area contributed by atoms with Crippen molar-refractivity contribution in [3.63, 3.8) is 0 Å². The summed E-state index contributed by atoms with van der Waals surface area (Å²) in [6.45, 7) is 2.92. The largest absolute Gasteiger partial charge is 0.442 e. The summed E-state index contributed by atoms with van der Waals surface area (Å²) in [5.74, 6) is 0.289. The van der Waals surface area contributed by atoms with Crippen LogP contribution in [0, 0.1) is 0 Å². The first-order valence-electron chi connectivity index (χ1n) is 8.95. The van der Waals surface area contributed by atoms with Gasteiger partial charge in [-0.3, -0.25) is 9.69 Å². The molecule has 0 aliphatic carbocycles. The molecule has 0 unspecified atom stereocenters. The monoisotopic (exact) mass is 400 g/mol. The number of furan rings is 1. The maximum atomic E-state index is 12.9. The molecular weight excluding hydrogens is 380 g/mol. The van der Waals surface area contributed by atoms with Gasteiger partial charge < -0.3 is 4.42 Å². The van der Waals surface area contributed by atoms with Gasteiger partial charge in [0.05, 0.1) is 0 Å². The van der Waals surface area contributed by atoms with E-state index in [0.29, 0.717) is 31.9 Å². The van der Waals surface area contributed by atoms with Crippen LogP contribution in [-0.4, -0.2) is 54.0 Å². The third-order valence-corrected chi connectivity index (χ3v) is 6.46. The van der Waals surface area contributed by atoms with Gasteiger partial charge in [0.25, 0.3) is 15.6 Å². The number of hydrogen-bond acceptors (Lipinski definition) is 6. The Balaban J connectivity index is 1.43. The predicted molar refractivity (Wildman–Crippen MR) is 103 cm³/mol. The number of aromatic amines is 1. The summed E-state index contributed by atoms with van der Waals surface area (Å²) in [7, 11) is -3.71. The lowest BCUT2D eigenvalue weighted by molar-refractivity contribution is 0.180. The second-order valence-electron chi connectivity index (χ2n) is 6.59. The van der Waals surface area contributed by atoms with Crippen LogP contribution in [0.2, 0.25) is 0 Å². The summed E-state index contributed by atoms with van der Waals surface area (Å²) in [6, 6.07) is 15.9. The molecule has 2 aromatic heterocycles. The first-order chi connectivity index (χ1) is 13.5. The molecule has 0 amide bonds. The second kappa shape index (κ2) is 7.70. The number of sulfonamides is 1. The summed E-state index contributed by atoms with van der Waals surface area (Å²) in [4.78, 5) is 13.3. The van der Waals surface area contributed by atoms with Gasteiger partial charge in [-0.25, -0.2) is 13.5 Å². The highest BCUT2D eigenvalue weighted by molar-refractivity contribution is 7.89. The molecule has 0 saturated carbocycles.